The molecule has 0 radical (unpaired) electrons. The van der Waals surface area contributed by atoms with E-state index in [1.54, 1.807) is 19.2 Å². The molecule has 1 aliphatic rings. The number of phenolic OH excluding ortho intramolecular Hbond substituents is 1. The summed E-state index contributed by atoms with van der Waals surface area (Å²) in [7, 11) is 4.69. The Labute approximate surface area is 212 Å². The van der Waals surface area contributed by atoms with E-state index in [1.165, 1.54) is 18.7 Å². The van der Waals surface area contributed by atoms with Gasteiger partial charge in [-0.05, 0) is 42.3 Å². The lowest BCUT2D eigenvalue weighted by atomic mass is 9.99. The average molecular weight is 495 g/mol. The number of nitrogens with zero attached hydrogens (tertiary/aromatic N) is 3. The van der Waals surface area contributed by atoms with E-state index in [-0.39, 0.29) is 11.3 Å². The van der Waals surface area contributed by atoms with Crippen LogP contribution in [0.25, 0.3) is 27.8 Å². The summed E-state index contributed by atoms with van der Waals surface area (Å²) in [5.74, 6) is 0.369. The lowest BCUT2D eigenvalue weighted by Crippen LogP contribution is -2.37. The van der Waals surface area contributed by atoms with Crippen molar-refractivity contribution in [2.45, 2.75) is 13.0 Å². The van der Waals surface area contributed by atoms with E-state index >= 15 is 0 Å². The zero-order chi connectivity index (χ0) is 26.0. The molecule has 5 aromatic rings. The van der Waals surface area contributed by atoms with Crippen molar-refractivity contribution in [1.29, 1.82) is 0 Å². The predicted octanol–water partition coefficient (Wildman–Crippen LogP) is 4.23. The van der Waals surface area contributed by atoms with Crippen LogP contribution in [0.2, 0.25) is 0 Å². The molecule has 2 N–H and O–H groups in total. The van der Waals surface area contributed by atoms with Gasteiger partial charge in [-0.3, -0.25) is 13.9 Å². The number of hydrogen-bond acceptors (Lipinski definition) is 5. The number of ether oxygens (including phenoxy) is 1. The second-order valence-electron chi connectivity index (χ2n) is 9.39. The molecule has 0 fully saturated rings. The molecule has 1 aliphatic heterocycles. The zero-order valence-electron chi connectivity index (χ0n) is 20.9. The summed E-state index contributed by atoms with van der Waals surface area (Å²) in [6.45, 7) is 2.02. The van der Waals surface area contributed by atoms with Crippen molar-refractivity contribution in [3.8, 4) is 28.4 Å². The van der Waals surface area contributed by atoms with E-state index in [0.717, 1.165) is 44.0 Å². The first-order chi connectivity index (χ1) is 17.8. The Hall–Kier alpha value is -4.72. The van der Waals surface area contributed by atoms with Crippen molar-refractivity contribution >= 4 is 16.6 Å². The number of aryl methyl sites for hydroxylation is 2. The Morgan fingerprint density at radius 1 is 0.946 bits per heavy atom. The van der Waals surface area contributed by atoms with Crippen LogP contribution in [-0.4, -0.2) is 25.9 Å². The van der Waals surface area contributed by atoms with Crippen molar-refractivity contribution in [2.75, 3.05) is 12.4 Å². The number of phenols is 1. The van der Waals surface area contributed by atoms with E-state index < -0.39 is 11.7 Å². The minimum Gasteiger partial charge on any atom is -0.504 e. The Morgan fingerprint density at radius 2 is 1.68 bits per heavy atom. The fraction of sp³-hybridized carbons (Fsp3) is 0.172. The summed E-state index contributed by atoms with van der Waals surface area (Å²) in [5.41, 5.74) is 5.71. The molecule has 6 rings (SSSR count). The highest BCUT2D eigenvalue weighted by Crippen LogP contribution is 2.46. The van der Waals surface area contributed by atoms with Gasteiger partial charge in [-0.1, -0.05) is 48.0 Å². The highest BCUT2D eigenvalue weighted by atomic mass is 16.5. The van der Waals surface area contributed by atoms with Crippen molar-refractivity contribution < 1.29 is 9.84 Å². The SMILES string of the molecule is COc1ccc([C@H]2Nc3ccccc3-n3c(-c4ccc(C)cc4)c4c(=O)n(C)c(=O)n(C)c4c32)cc1O. The third-order valence-electron chi connectivity index (χ3n) is 7.19. The number of rotatable bonds is 3. The largest absolute Gasteiger partial charge is 0.504 e. The van der Waals surface area contributed by atoms with Gasteiger partial charge >= 0.3 is 5.69 Å². The summed E-state index contributed by atoms with van der Waals surface area (Å²) < 4.78 is 10.0. The molecule has 37 heavy (non-hydrogen) atoms. The number of fused-ring (bicyclic) bond motifs is 5. The van der Waals surface area contributed by atoms with Gasteiger partial charge in [0.2, 0.25) is 0 Å². The first-order valence-electron chi connectivity index (χ1n) is 12.0. The van der Waals surface area contributed by atoms with Crippen molar-refractivity contribution in [3.63, 3.8) is 0 Å². The molecule has 8 heteroatoms. The molecule has 3 heterocycles. The number of anilines is 1. The second kappa shape index (κ2) is 8.16. The summed E-state index contributed by atoms with van der Waals surface area (Å²) >= 11 is 0. The van der Waals surface area contributed by atoms with E-state index in [4.69, 9.17) is 4.74 Å². The summed E-state index contributed by atoms with van der Waals surface area (Å²) in [5, 5.41) is 14.6. The monoisotopic (exact) mass is 494 g/mol. The average Bonchev–Trinajstić information content (AvgIpc) is 3.27. The van der Waals surface area contributed by atoms with Crippen LogP contribution in [0.15, 0.2) is 76.3 Å². The summed E-state index contributed by atoms with van der Waals surface area (Å²) in [6, 6.07) is 20.7. The molecule has 3 aromatic carbocycles. The fourth-order valence-electron chi connectivity index (χ4n) is 5.34. The van der Waals surface area contributed by atoms with Gasteiger partial charge in [0.1, 0.15) is 0 Å². The van der Waals surface area contributed by atoms with Crippen LogP contribution in [0.5, 0.6) is 11.5 Å². The molecule has 1 atom stereocenters. The van der Waals surface area contributed by atoms with E-state index in [1.807, 2.05) is 61.5 Å². The first-order valence-corrected chi connectivity index (χ1v) is 12.0. The molecule has 2 aromatic heterocycles. The topological polar surface area (TPSA) is 90.4 Å². The quantitative estimate of drug-likeness (QED) is 0.392. The Balaban J connectivity index is 1.82. The molecular weight excluding hydrogens is 468 g/mol. The number of methoxy groups -OCH3 is 1. The molecule has 0 saturated carbocycles. The number of hydrogen-bond donors (Lipinski definition) is 2. The number of para-hydroxylation sites is 2. The van der Waals surface area contributed by atoms with Crippen LogP contribution in [0.1, 0.15) is 22.9 Å². The van der Waals surface area contributed by atoms with Gasteiger partial charge in [-0.25, -0.2) is 4.79 Å². The number of aromatic hydroxyl groups is 1. The minimum absolute atomic E-state index is 0.00614. The highest BCUT2D eigenvalue weighted by Gasteiger charge is 2.35. The summed E-state index contributed by atoms with van der Waals surface area (Å²) in [6.07, 6.45) is 0. The standard InChI is InChI=1S/C29H26N4O4/c1-16-9-11-17(12-10-16)25-23-26(31(2)29(36)32(3)28(23)35)27-24(18-13-14-22(37-4)21(34)15-18)30-19-7-5-6-8-20(19)33(25)27/h5-15,24,30,34H,1-4H3/t24-/m1/s1. The van der Waals surface area contributed by atoms with Gasteiger partial charge in [0.15, 0.2) is 11.5 Å². The van der Waals surface area contributed by atoms with E-state index in [0.29, 0.717) is 16.7 Å². The number of aromatic nitrogens is 3. The van der Waals surface area contributed by atoms with Gasteiger partial charge in [-0.2, -0.15) is 0 Å². The van der Waals surface area contributed by atoms with Gasteiger partial charge in [0.25, 0.3) is 5.56 Å². The molecule has 0 bridgehead atoms. The van der Waals surface area contributed by atoms with E-state index in [9.17, 15) is 14.7 Å². The van der Waals surface area contributed by atoms with Crippen LogP contribution in [0.3, 0.4) is 0 Å². The van der Waals surface area contributed by atoms with Crippen molar-refractivity contribution in [1.82, 2.24) is 13.7 Å². The maximum atomic E-state index is 13.7. The molecular formula is C29H26N4O4. The van der Waals surface area contributed by atoms with Crippen LogP contribution in [-0.2, 0) is 14.1 Å². The Kier molecular flexibility index (Phi) is 5.01. The first kappa shape index (κ1) is 22.7. The van der Waals surface area contributed by atoms with Crippen LogP contribution in [0, 0.1) is 6.92 Å². The van der Waals surface area contributed by atoms with E-state index in [2.05, 4.69) is 9.88 Å². The lowest BCUT2D eigenvalue weighted by Gasteiger charge is -2.31. The van der Waals surface area contributed by atoms with Gasteiger partial charge in [-0.15, -0.1) is 0 Å². The smallest absolute Gasteiger partial charge is 0.331 e. The van der Waals surface area contributed by atoms with Gasteiger partial charge in [0, 0.05) is 14.1 Å². The highest BCUT2D eigenvalue weighted by molar-refractivity contribution is 5.99. The molecule has 0 unspecified atom stereocenters. The molecule has 0 aliphatic carbocycles. The lowest BCUT2D eigenvalue weighted by molar-refractivity contribution is 0.373. The molecule has 0 saturated heterocycles. The molecule has 186 valence electrons. The van der Waals surface area contributed by atoms with Crippen LogP contribution in [0.4, 0.5) is 5.69 Å². The van der Waals surface area contributed by atoms with Crippen molar-refractivity contribution in [2.24, 2.45) is 14.1 Å². The number of nitrogens with one attached hydrogen (secondary N) is 1. The Morgan fingerprint density at radius 3 is 2.38 bits per heavy atom. The third-order valence-corrected chi connectivity index (χ3v) is 7.19. The molecule has 0 spiro atoms. The van der Waals surface area contributed by atoms with Gasteiger partial charge < -0.3 is 19.7 Å². The predicted molar refractivity (Wildman–Crippen MR) is 144 cm³/mol. The fourth-order valence-corrected chi connectivity index (χ4v) is 5.34. The molecule has 8 nitrogen and oxygen atoms in total. The normalized spacial score (nSPS) is 14.2. The summed E-state index contributed by atoms with van der Waals surface area (Å²) in [4.78, 5) is 26.9. The Bertz CT molecular complexity index is 1830. The third kappa shape index (κ3) is 3.22. The van der Waals surface area contributed by atoms with Crippen LogP contribution < -0.4 is 21.3 Å². The zero-order valence-corrected chi connectivity index (χ0v) is 20.9. The maximum Gasteiger partial charge on any atom is 0.331 e. The van der Waals surface area contributed by atoms with Crippen molar-refractivity contribution in [3.05, 3.63) is 104 Å². The minimum atomic E-state index is -0.467. The van der Waals surface area contributed by atoms with Crippen LogP contribution >= 0.6 is 0 Å². The second-order valence-corrected chi connectivity index (χ2v) is 9.39. The van der Waals surface area contributed by atoms with Gasteiger partial charge in [0.05, 0.1) is 46.8 Å². The molecule has 0 amide bonds. The number of benzene rings is 3. The maximum absolute atomic E-state index is 13.7.